The monoisotopic (exact) mass is 781 g/mol. The molecule has 1 saturated heterocycles. The smallest absolute Gasteiger partial charge is 0.395 e. The number of nitrogens with zero attached hydrogens (tertiary/aromatic N) is 5. The molecule has 0 spiro atoms. The van der Waals surface area contributed by atoms with Gasteiger partial charge in [-0.05, 0) is 30.7 Å². The van der Waals surface area contributed by atoms with Crippen LogP contribution in [0.4, 0.5) is 11.8 Å². The van der Waals surface area contributed by atoms with Crippen molar-refractivity contribution >= 4 is 70.4 Å². The Morgan fingerprint density at radius 1 is 1.28 bits per heavy atom. The summed E-state index contributed by atoms with van der Waals surface area (Å²) >= 11 is 1.98. The number of halogens is 1. The van der Waals surface area contributed by atoms with Gasteiger partial charge in [-0.25, -0.2) is 9.78 Å². The van der Waals surface area contributed by atoms with Crippen molar-refractivity contribution in [2.75, 3.05) is 31.3 Å². The number of nitrogens with two attached hydrogens (primary N) is 1. The maximum absolute atomic E-state index is 13.1. The number of nitrogens with one attached hydrogen (secondary N) is 1. The highest BCUT2D eigenvalue weighted by Crippen LogP contribution is 2.43. The Morgan fingerprint density at radius 2 is 2.00 bits per heavy atom. The van der Waals surface area contributed by atoms with Crippen LogP contribution in [0, 0.1) is 9.25 Å². The number of anilines is 2. The number of esters is 1. The lowest BCUT2D eigenvalue weighted by Gasteiger charge is -2.27. The van der Waals surface area contributed by atoms with Gasteiger partial charge in [0.2, 0.25) is 11.7 Å². The van der Waals surface area contributed by atoms with Gasteiger partial charge in [0.25, 0.3) is 0 Å². The topological polar surface area (TPSA) is 212 Å². The average molecular weight is 782 g/mol. The van der Waals surface area contributed by atoms with Gasteiger partial charge in [-0.2, -0.15) is 9.97 Å². The fraction of sp³-hybridized carbons (Fsp3) is 0.467. The van der Waals surface area contributed by atoms with Gasteiger partial charge in [0.1, 0.15) is 24.4 Å². The van der Waals surface area contributed by atoms with Gasteiger partial charge in [-0.15, -0.1) is 0 Å². The summed E-state index contributed by atoms with van der Waals surface area (Å²) in [4.78, 5) is 38.5. The second kappa shape index (κ2) is 13.6. The number of nitrogen functional groups attached to an aromatic ring is 1. The molecule has 2 aromatic heterocycles. The van der Waals surface area contributed by atoms with Crippen LogP contribution in [0.5, 0.6) is 11.5 Å². The molecule has 2 aromatic carbocycles. The van der Waals surface area contributed by atoms with Gasteiger partial charge < -0.3 is 40.4 Å². The standard InChI is InChI=1S/C30H37IN7O8P/c1-15(25(40)44-14-29(2,3)4)37-47(42)46-21-17-10-8-7-9-16(17)11-12-18(21)43-13-19-22(39)30(5,41)26(45-19)38-24-20(34-27(38)31)23(33-6)35-28(32)36-24/h7-12,15,19,22,26,39,41H,13-14H2,1-6H3,(H3,32,33,35,36)/t15-,19+,22+,26+,30+/m0/s1. The number of aromatic nitrogens is 4. The summed E-state index contributed by atoms with van der Waals surface area (Å²) in [6.45, 7) is 8.66. The first-order valence-electron chi connectivity index (χ1n) is 14.7. The molecule has 47 heavy (non-hydrogen) atoms. The third kappa shape index (κ3) is 7.37. The van der Waals surface area contributed by atoms with Crippen molar-refractivity contribution < 1.29 is 38.6 Å². The zero-order chi connectivity index (χ0) is 34.3. The third-order valence-electron chi connectivity index (χ3n) is 7.41. The van der Waals surface area contributed by atoms with E-state index in [1.54, 1.807) is 35.9 Å². The van der Waals surface area contributed by atoms with E-state index >= 15 is 0 Å². The lowest BCUT2D eigenvalue weighted by atomic mass is 9.96. The molecule has 3 heterocycles. The normalized spacial score (nSPS) is 22.4. The van der Waals surface area contributed by atoms with Crippen molar-refractivity contribution in [3.8, 4) is 11.5 Å². The van der Waals surface area contributed by atoms with E-state index < -0.39 is 44.2 Å². The molecule has 0 aliphatic carbocycles. The Morgan fingerprint density at radius 3 is 2.70 bits per heavy atom. The number of rotatable bonds is 10. The number of aliphatic hydroxyl groups excluding tert-OH is 1. The number of carbonyl (C=O) groups is 1. The number of hydrogen-bond donors (Lipinski definition) is 4. The van der Waals surface area contributed by atoms with Gasteiger partial charge in [0, 0.05) is 35.0 Å². The lowest BCUT2D eigenvalue weighted by Crippen LogP contribution is -2.45. The second-order valence-corrected chi connectivity index (χ2v) is 14.4. The molecule has 17 heteroatoms. The quantitative estimate of drug-likeness (QED) is 0.0787. The van der Waals surface area contributed by atoms with E-state index in [0.29, 0.717) is 26.2 Å². The summed E-state index contributed by atoms with van der Waals surface area (Å²) in [7, 11) is -1.06. The van der Waals surface area contributed by atoms with Crippen LogP contribution in [0.25, 0.3) is 21.9 Å². The maximum atomic E-state index is 13.1. The summed E-state index contributed by atoms with van der Waals surface area (Å²) in [5, 5.41) is 27.0. The molecule has 6 atom stereocenters. The lowest BCUT2D eigenvalue weighted by molar-refractivity contribution is -0.169. The van der Waals surface area contributed by atoms with Crippen LogP contribution < -0.4 is 25.2 Å². The fourth-order valence-corrected chi connectivity index (χ4v) is 6.49. The van der Waals surface area contributed by atoms with Crippen LogP contribution in [0.2, 0.25) is 0 Å². The van der Waals surface area contributed by atoms with E-state index in [9.17, 15) is 19.9 Å². The minimum Gasteiger partial charge on any atom is -0.575 e. The SMILES string of the molecule is CNc1nc(N)nc2c1nc(I)n2[C@@H]1O[C@H](COc2ccc3ccccc3c2O[P+]([O-])=N[C@@H](C)C(=O)OCC(C)(C)C)[C@@H](O)[C@@]1(C)O. The van der Waals surface area contributed by atoms with Gasteiger partial charge >= 0.3 is 14.1 Å². The van der Waals surface area contributed by atoms with Crippen LogP contribution in [-0.4, -0.2) is 79.8 Å². The number of carbonyl (C=O) groups excluding carboxylic acids is 1. The molecule has 0 saturated carbocycles. The second-order valence-electron chi connectivity index (χ2n) is 12.5. The molecule has 15 nitrogen and oxygen atoms in total. The highest BCUT2D eigenvalue weighted by molar-refractivity contribution is 14.1. The first-order valence-corrected chi connectivity index (χ1v) is 16.9. The van der Waals surface area contributed by atoms with Gasteiger partial charge in [0.05, 0.1) is 6.61 Å². The van der Waals surface area contributed by atoms with Gasteiger partial charge in [0.15, 0.2) is 38.8 Å². The molecular formula is C30H37IN7O8P. The number of fused-ring (bicyclic) bond motifs is 2. The highest BCUT2D eigenvalue weighted by Gasteiger charge is 2.54. The molecule has 1 aliphatic rings. The number of ether oxygens (including phenoxy) is 3. The van der Waals surface area contributed by atoms with E-state index in [2.05, 4.69) is 25.0 Å². The summed E-state index contributed by atoms with van der Waals surface area (Å²) in [5.74, 6) is 0.0775. The number of imidazole rings is 1. The van der Waals surface area contributed by atoms with Crippen molar-refractivity contribution in [1.82, 2.24) is 19.5 Å². The van der Waals surface area contributed by atoms with E-state index in [1.807, 2.05) is 55.5 Å². The first-order chi connectivity index (χ1) is 22.1. The highest BCUT2D eigenvalue weighted by atomic mass is 127. The molecule has 4 aromatic rings. The van der Waals surface area contributed by atoms with Crippen LogP contribution in [0.15, 0.2) is 41.1 Å². The number of hydrogen-bond acceptors (Lipinski definition) is 14. The molecule has 0 radical (unpaired) electrons. The molecule has 5 N–H and O–H groups in total. The molecule has 1 aliphatic heterocycles. The summed E-state index contributed by atoms with van der Waals surface area (Å²) in [6.07, 6.45) is -3.55. The van der Waals surface area contributed by atoms with E-state index in [4.69, 9.17) is 24.5 Å². The summed E-state index contributed by atoms with van der Waals surface area (Å²) in [6, 6.07) is 9.63. The van der Waals surface area contributed by atoms with Crippen molar-refractivity contribution in [2.45, 2.75) is 64.7 Å². The maximum Gasteiger partial charge on any atom is 0.395 e. The number of aliphatic hydroxyl groups is 2. The van der Waals surface area contributed by atoms with E-state index in [1.165, 1.54) is 13.8 Å². The first kappa shape index (κ1) is 34.9. The predicted octanol–water partition coefficient (Wildman–Crippen LogP) is 3.51. The Bertz CT molecular complexity index is 1830. The number of benzene rings is 2. The summed E-state index contributed by atoms with van der Waals surface area (Å²) in [5.41, 5.74) is 4.60. The molecule has 1 unspecified atom stereocenters. The van der Waals surface area contributed by atoms with Crippen LogP contribution >= 0.6 is 30.8 Å². The molecule has 252 valence electrons. The van der Waals surface area contributed by atoms with E-state index in [-0.39, 0.29) is 36.1 Å². The molecule has 1 fully saturated rings. The largest absolute Gasteiger partial charge is 0.575 e. The molecule has 5 rings (SSSR count). The molecular weight excluding hydrogens is 744 g/mol. The van der Waals surface area contributed by atoms with E-state index in [0.717, 1.165) is 5.39 Å². The van der Waals surface area contributed by atoms with Crippen LogP contribution in [-0.2, 0) is 14.3 Å². The van der Waals surface area contributed by atoms with Crippen LogP contribution in [0.1, 0.15) is 40.8 Å². The zero-order valence-electron chi connectivity index (χ0n) is 26.7. The Balaban J connectivity index is 1.39. The Kier molecular flexibility index (Phi) is 10.1. The molecule has 0 amide bonds. The van der Waals surface area contributed by atoms with Crippen molar-refractivity contribution in [2.24, 2.45) is 10.2 Å². The minimum atomic E-state index is -2.73. The average Bonchev–Trinajstić information content (AvgIpc) is 3.44. The third-order valence-corrected chi connectivity index (χ3v) is 9.05. The van der Waals surface area contributed by atoms with Crippen molar-refractivity contribution in [3.63, 3.8) is 0 Å². The Labute approximate surface area is 285 Å². The molecule has 0 bridgehead atoms. The zero-order valence-corrected chi connectivity index (χ0v) is 29.7. The van der Waals surface area contributed by atoms with Crippen LogP contribution in [0.3, 0.4) is 0 Å². The van der Waals surface area contributed by atoms with Crippen molar-refractivity contribution in [3.05, 3.63) is 40.2 Å². The Hall–Kier alpha value is -3.41. The van der Waals surface area contributed by atoms with Crippen molar-refractivity contribution in [1.29, 1.82) is 0 Å². The minimum absolute atomic E-state index is 0.0115. The van der Waals surface area contributed by atoms with Gasteiger partial charge in [-0.3, -0.25) is 9.09 Å². The predicted molar refractivity (Wildman–Crippen MR) is 182 cm³/mol. The van der Waals surface area contributed by atoms with Gasteiger partial charge in [-0.1, -0.05) is 55.8 Å². The fourth-order valence-electron chi connectivity index (χ4n) is 5.00. The summed E-state index contributed by atoms with van der Waals surface area (Å²) < 4.78 is 29.4.